The largest absolute Gasteiger partial charge is 0.385 e. The Labute approximate surface area is 290 Å². The summed E-state index contributed by atoms with van der Waals surface area (Å²) in [6.45, 7) is 0.461. The number of rotatable bonds is 12. The van der Waals surface area contributed by atoms with E-state index in [2.05, 4.69) is 36.7 Å². The van der Waals surface area contributed by atoms with Crippen molar-refractivity contribution in [3.05, 3.63) is 82.0 Å². The monoisotopic (exact) mass is 696 g/mol. The molecule has 1 saturated carbocycles. The van der Waals surface area contributed by atoms with Crippen LogP contribution in [0.5, 0.6) is 0 Å². The average molecular weight is 697 g/mol. The number of piperidine rings is 1. The molecule has 3 aromatic heterocycles. The van der Waals surface area contributed by atoms with E-state index < -0.39 is 30.1 Å². The van der Waals surface area contributed by atoms with Gasteiger partial charge in [-0.1, -0.05) is 12.1 Å². The molecule has 16 heteroatoms. The van der Waals surface area contributed by atoms with Crippen molar-refractivity contribution >= 4 is 57.5 Å². The predicted molar refractivity (Wildman–Crippen MR) is 187 cm³/mol. The lowest BCUT2D eigenvalue weighted by Gasteiger charge is -2.21. The predicted octanol–water partition coefficient (Wildman–Crippen LogP) is 2.74. The number of fused-ring (bicyclic) bond motifs is 2. The topological polar surface area (TPSA) is 186 Å². The maximum Gasteiger partial charge on any atom is 0.329 e. The van der Waals surface area contributed by atoms with E-state index in [0.717, 1.165) is 24.8 Å². The molecule has 51 heavy (non-hydrogen) atoms. The van der Waals surface area contributed by atoms with Crippen LogP contribution in [-0.2, 0) is 23.1 Å². The molecule has 1 unspecified atom stereocenters. The maximum absolute atomic E-state index is 13.4. The zero-order chi connectivity index (χ0) is 35.8. The number of alkyl halides is 1. The van der Waals surface area contributed by atoms with Crippen LogP contribution in [0, 0.1) is 0 Å². The number of anilines is 3. The van der Waals surface area contributed by atoms with Crippen LogP contribution in [-0.4, -0.2) is 73.2 Å². The Kier molecular flexibility index (Phi) is 8.97. The van der Waals surface area contributed by atoms with Gasteiger partial charge in [-0.2, -0.15) is 0 Å². The van der Waals surface area contributed by atoms with Gasteiger partial charge in [0.05, 0.1) is 29.0 Å². The van der Waals surface area contributed by atoms with Crippen molar-refractivity contribution in [3.63, 3.8) is 0 Å². The van der Waals surface area contributed by atoms with E-state index in [1.54, 1.807) is 44.4 Å². The number of amides is 4. The second kappa shape index (κ2) is 13.7. The number of carbonyl (C=O) groups is 4. The van der Waals surface area contributed by atoms with E-state index in [1.165, 1.54) is 19.8 Å². The molecular weight excluding hydrogens is 659 g/mol. The first-order chi connectivity index (χ1) is 24.6. The fourth-order valence-corrected chi connectivity index (χ4v) is 6.36. The molecular formula is C35H37FN10O5. The van der Waals surface area contributed by atoms with Crippen LogP contribution in [0.15, 0.2) is 59.5 Å². The van der Waals surface area contributed by atoms with Crippen LogP contribution in [0.3, 0.4) is 0 Å². The van der Waals surface area contributed by atoms with E-state index in [0.29, 0.717) is 52.4 Å². The lowest BCUT2D eigenvalue weighted by atomic mass is 10.0. The van der Waals surface area contributed by atoms with Gasteiger partial charge in [-0.05, 0) is 61.6 Å². The number of hydrogen-bond acceptors (Lipinski definition) is 9. The third-order valence-corrected chi connectivity index (χ3v) is 9.25. The number of imidazole rings is 2. The number of aromatic nitrogens is 5. The lowest BCUT2D eigenvalue weighted by Crippen LogP contribution is -2.44. The van der Waals surface area contributed by atoms with E-state index in [4.69, 9.17) is 0 Å². The minimum absolute atomic E-state index is 0.174. The van der Waals surface area contributed by atoms with Crippen molar-refractivity contribution in [2.45, 2.75) is 56.8 Å². The SMILES string of the molecule is CNc1cc(Nc2cccc(C(=O)NCCCCc3ccc4c(c3)n(C)c(=O)n4C3CCC(=O)NC3=O)c2)nn2c(C(=O)N[C@@H]3C[C@@H]3F)cnc12. The van der Waals surface area contributed by atoms with Gasteiger partial charge in [-0.3, -0.25) is 33.6 Å². The third-order valence-electron chi connectivity index (χ3n) is 9.25. The molecule has 4 heterocycles. The summed E-state index contributed by atoms with van der Waals surface area (Å²) in [4.78, 5) is 67.2. The van der Waals surface area contributed by atoms with E-state index in [1.807, 2.05) is 18.2 Å². The fraction of sp³-hybridized carbons (Fsp3) is 0.343. The molecule has 4 amide bonds. The quantitative estimate of drug-likeness (QED) is 0.0967. The van der Waals surface area contributed by atoms with E-state index in [9.17, 15) is 28.4 Å². The van der Waals surface area contributed by atoms with Crippen molar-refractivity contribution in [1.29, 1.82) is 0 Å². The van der Waals surface area contributed by atoms with Gasteiger partial charge in [0.2, 0.25) is 11.8 Å². The van der Waals surface area contributed by atoms with Crippen molar-refractivity contribution in [3.8, 4) is 0 Å². The van der Waals surface area contributed by atoms with Gasteiger partial charge in [0, 0.05) is 50.8 Å². The molecule has 7 rings (SSSR count). The van der Waals surface area contributed by atoms with Crippen LogP contribution in [0.2, 0.25) is 0 Å². The summed E-state index contributed by atoms with van der Waals surface area (Å²) in [5.41, 5.74) is 4.35. The summed E-state index contributed by atoms with van der Waals surface area (Å²) in [6, 6.07) is 13.2. The fourth-order valence-electron chi connectivity index (χ4n) is 6.36. The number of imide groups is 1. The molecule has 0 radical (unpaired) electrons. The van der Waals surface area contributed by atoms with Gasteiger partial charge in [0.15, 0.2) is 17.2 Å². The summed E-state index contributed by atoms with van der Waals surface area (Å²) in [6.07, 6.45) is 3.36. The molecule has 5 N–H and O–H groups in total. The first-order valence-corrected chi connectivity index (χ1v) is 16.8. The Morgan fingerprint density at radius 3 is 2.63 bits per heavy atom. The molecule has 3 atom stereocenters. The molecule has 2 aromatic carbocycles. The molecule has 0 bridgehead atoms. The minimum atomic E-state index is -1.04. The van der Waals surface area contributed by atoms with E-state index in [-0.39, 0.29) is 36.0 Å². The number of hydrogen-bond donors (Lipinski definition) is 5. The molecule has 5 aromatic rings. The van der Waals surface area contributed by atoms with E-state index >= 15 is 0 Å². The minimum Gasteiger partial charge on any atom is -0.385 e. The Balaban J connectivity index is 0.947. The molecule has 1 saturated heterocycles. The number of unbranched alkanes of at least 4 members (excludes halogenated alkanes) is 1. The standard InChI is InChI=1S/C35H37FN10O5/c1-37-24-17-29(43-46-28(18-39-31(24)46)34(50)41-23-16-22(23)36)40-21-8-5-7-20(15-21)32(48)38-13-4-3-6-19-9-10-25-27(14-19)44(2)35(51)45(25)26-11-12-30(47)42-33(26)49/h5,7-10,14-15,17-18,22-23,26,37H,3-4,6,11-13,16H2,1-2H3,(H,38,48)(H,40,43)(H,41,50)(H,42,47,49)/t22-,23+,26?/m0/s1. The van der Waals surface area contributed by atoms with Gasteiger partial charge in [0.25, 0.3) is 11.8 Å². The summed E-state index contributed by atoms with van der Waals surface area (Å²) >= 11 is 0. The van der Waals surface area contributed by atoms with Crippen molar-refractivity contribution in [1.82, 2.24) is 39.7 Å². The van der Waals surface area contributed by atoms with Gasteiger partial charge in [-0.25, -0.2) is 18.7 Å². The van der Waals surface area contributed by atoms with Crippen LogP contribution < -0.4 is 32.3 Å². The molecule has 2 aliphatic rings. The molecule has 2 fully saturated rings. The lowest BCUT2D eigenvalue weighted by molar-refractivity contribution is -0.135. The Hall–Kier alpha value is -6.06. The number of halogens is 1. The van der Waals surface area contributed by atoms with Crippen LogP contribution in [0.4, 0.5) is 21.6 Å². The highest BCUT2D eigenvalue weighted by Gasteiger charge is 2.39. The summed E-state index contributed by atoms with van der Waals surface area (Å²) in [5, 5.41) is 18.7. The molecule has 264 valence electrons. The number of aryl methyl sites for hydroxylation is 2. The highest BCUT2D eigenvalue weighted by Crippen LogP contribution is 2.27. The molecule has 15 nitrogen and oxygen atoms in total. The zero-order valence-electron chi connectivity index (χ0n) is 28.0. The molecule has 1 aliphatic heterocycles. The van der Waals surface area contributed by atoms with Gasteiger partial charge in [-0.15, -0.1) is 5.10 Å². The Bertz CT molecular complexity index is 2260. The third kappa shape index (κ3) is 6.76. The summed E-state index contributed by atoms with van der Waals surface area (Å²) in [5.74, 6) is -1.09. The number of nitrogens with one attached hydrogen (secondary N) is 5. The molecule has 1 aliphatic carbocycles. The maximum atomic E-state index is 13.4. The number of benzene rings is 2. The summed E-state index contributed by atoms with van der Waals surface area (Å²) in [7, 11) is 3.39. The van der Waals surface area contributed by atoms with Gasteiger partial charge in [0.1, 0.15) is 12.2 Å². The normalized spacial score (nSPS) is 18.5. The molecule has 0 spiro atoms. The first kappa shape index (κ1) is 33.4. The highest BCUT2D eigenvalue weighted by molar-refractivity contribution is 6.00. The van der Waals surface area contributed by atoms with Gasteiger partial charge < -0.3 is 21.3 Å². The van der Waals surface area contributed by atoms with Crippen molar-refractivity contribution in [2.75, 3.05) is 24.2 Å². The second-order valence-electron chi connectivity index (χ2n) is 12.8. The van der Waals surface area contributed by atoms with Gasteiger partial charge >= 0.3 is 5.69 Å². The average Bonchev–Trinajstić information content (AvgIpc) is 3.53. The van der Waals surface area contributed by atoms with Crippen LogP contribution in [0.25, 0.3) is 16.7 Å². The van der Waals surface area contributed by atoms with Crippen molar-refractivity contribution in [2.24, 2.45) is 7.05 Å². The second-order valence-corrected chi connectivity index (χ2v) is 12.8. The summed E-state index contributed by atoms with van der Waals surface area (Å²) < 4.78 is 17.8. The number of carbonyl (C=O) groups excluding carboxylic acids is 4. The Morgan fingerprint density at radius 1 is 1.04 bits per heavy atom. The van der Waals surface area contributed by atoms with Crippen LogP contribution >= 0.6 is 0 Å². The Morgan fingerprint density at radius 2 is 1.86 bits per heavy atom. The highest BCUT2D eigenvalue weighted by atomic mass is 19.1. The first-order valence-electron chi connectivity index (χ1n) is 16.8. The zero-order valence-corrected chi connectivity index (χ0v) is 28.0. The smallest absolute Gasteiger partial charge is 0.329 e. The number of nitrogens with zero attached hydrogens (tertiary/aromatic N) is 5. The van der Waals surface area contributed by atoms with Crippen molar-refractivity contribution < 1.29 is 23.6 Å². The van der Waals surface area contributed by atoms with Crippen LogP contribution in [0.1, 0.15) is 64.6 Å².